The van der Waals surface area contributed by atoms with Crippen molar-refractivity contribution in [2.45, 2.75) is 114 Å². The molecule has 50 heavy (non-hydrogen) atoms. The zero-order valence-electron chi connectivity index (χ0n) is 28.4. The number of hydrogen-bond acceptors (Lipinski definition) is 18. The molecule has 276 valence electrons. The molecule has 1 aromatic rings. The van der Waals surface area contributed by atoms with Crippen molar-refractivity contribution in [3.8, 4) is 0 Å². The topological polar surface area (TPSA) is 212 Å². The highest BCUT2D eigenvalue weighted by molar-refractivity contribution is 7.99. The van der Waals surface area contributed by atoms with Gasteiger partial charge in [-0.25, -0.2) is 0 Å². The average Bonchev–Trinajstić information content (AvgIpc) is 3.00. The Hall–Kier alpha value is -4.26. The maximum atomic E-state index is 12.5. The zero-order chi connectivity index (χ0) is 37.1. The van der Waals surface area contributed by atoms with Crippen LogP contribution in [0.4, 0.5) is 0 Å². The van der Waals surface area contributed by atoms with E-state index in [1.54, 1.807) is 30.3 Å². The molecule has 2 aliphatic rings. The smallest absolute Gasteiger partial charge is 0.303 e. The second kappa shape index (κ2) is 18.7. The second-order valence-corrected chi connectivity index (χ2v) is 12.3. The molecule has 0 N–H and O–H groups in total. The Morgan fingerprint density at radius 1 is 0.520 bits per heavy atom. The highest BCUT2D eigenvalue weighted by atomic mass is 32.2. The van der Waals surface area contributed by atoms with Crippen molar-refractivity contribution in [3.05, 3.63) is 30.3 Å². The number of carbonyl (C=O) groups is 7. The Morgan fingerprint density at radius 3 is 1.42 bits per heavy atom. The molecule has 17 nitrogen and oxygen atoms in total. The zero-order valence-corrected chi connectivity index (χ0v) is 29.2. The van der Waals surface area contributed by atoms with Gasteiger partial charge in [0.25, 0.3) is 0 Å². The quantitative estimate of drug-likeness (QED) is 0.207. The fraction of sp³-hybridized carbons (Fsp3) is 0.594. The lowest BCUT2D eigenvalue weighted by Gasteiger charge is -2.48. The van der Waals surface area contributed by atoms with E-state index in [1.807, 2.05) is 0 Å². The number of esters is 7. The van der Waals surface area contributed by atoms with E-state index in [4.69, 9.17) is 47.4 Å². The molecular formula is C32H40O17S. The van der Waals surface area contributed by atoms with E-state index in [0.29, 0.717) is 4.90 Å². The lowest BCUT2D eigenvalue weighted by Crippen LogP contribution is -2.66. The lowest BCUT2D eigenvalue weighted by atomic mass is 9.96. The lowest BCUT2D eigenvalue weighted by molar-refractivity contribution is -0.341. The van der Waals surface area contributed by atoms with Crippen LogP contribution in [0.3, 0.4) is 0 Å². The first kappa shape index (κ1) is 40.2. The molecule has 18 heteroatoms. The van der Waals surface area contributed by atoms with Gasteiger partial charge in [-0.1, -0.05) is 30.0 Å². The Balaban J connectivity index is 2.16. The van der Waals surface area contributed by atoms with Crippen LogP contribution in [0, 0.1) is 0 Å². The van der Waals surface area contributed by atoms with E-state index in [9.17, 15) is 33.6 Å². The number of ether oxygens (including phenoxy) is 10. The molecule has 2 fully saturated rings. The van der Waals surface area contributed by atoms with E-state index in [2.05, 4.69) is 0 Å². The van der Waals surface area contributed by atoms with Crippen LogP contribution in [0.5, 0.6) is 0 Å². The summed E-state index contributed by atoms with van der Waals surface area (Å²) in [5, 5.41) is 0. The van der Waals surface area contributed by atoms with Crippen LogP contribution in [0.1, 0.15) is 48.5 Å². The first-order valence-corrected chi connectivity index (χ1v) is 16.2. The third-order valence-corrected chi connectivity index (χ3v) is 8.04. The van der Waals surface area contributed by atoms with Gasteiger partial charge in [0.15, 0.2) is 36.8 Å². The fourth-order valence-electron chi connectivity index (χ4n) is 5.20. The molecule has 2 heterocycles. The molecule has 2 unspecified atom stereocenters. The van der Waals surface area contributed by atoms with E-state index in [0.717, 1.165) is 60.2 Å². The molecule has 2 saturated heterocycles. The van der Waals surface area contributed by atoms with Crippen LogP contribution < -0.4 is 0 Å². The maximum absolute atomic E-state index is 12.5. The van der Waals surface area contributed by atoms with Crippen molar-refractivity contribution < 1.29 is 80.9 Å². The molecule has 1 aromatic carbocycles. The molecular weight excluding hydrogens is 688 g/mol. The van der Waals surface area contributed by atoms with Gasteiger partial charge in [-0.2, -0.15) is 0 Å². The molecule has 0 amide bonds. The predicted octanol–water partition coefficient (Wildman–Crippen LogP) is 1.40. The molecule has 0 bridgehead atoms. The molecule has 3 rings (SSSR count). The van der Waals surface area contributed by atoms with E-state index in [1.165, 1.54) is 0 Å². The van der Waals surface area contributed by atoms with Crippen molar-refractivity contribution >= 4 is 53.5 Å². The third kappa shape index (κ3) is 12.0. The molecule has 2 aliphatic heterocycles. The average molecular weight is 729 g/mol. The van der Waals surface area contributed by atoms with Gasteiger partial charge in [-0.3, -0.25) is 33.6 Å². The molecule has 0 aliphatic carbocycles. The Labute approximate surface area is 291 Å². The maximum Gasteiger partial charge on any atom is 0.303 e. The molecule has 10 atom stereocenters. The number of hydrogen-bond donors (Lipinski definition) is 0. The summed E-state index contributed by atoms with van der Waals surface area (Å²) in [6, 6.07) is 8.85. The van der Waals surface area contributed by atoms with Crippen LogP contribution in [-0.4, -0.2) is 116 Å². The third-order valence-electron chi connectivity index (χ3n) is 6.88. The number of thioether (sulfide) groups is 1. The summed E-state index contributed by atoms with van der Waals surface area (Å²) in [7, 11) is 0. The predicted molar refractivity (Wildman–Crippen MR) is 166 cm³/mol. The molecule has 0 saturated carbocycles. The van der Waals surface area contributed by atoms with Gasteiger partial charge in [0, 0.05) is 53.4 Å². The Kier molecular flexibility index (Phi) is 15.0. The molecule has 0 aromatic heterocycles. The summed E-state index contributed by atoms with van der Waals surface area (Å²) in [6.45, 7) is 6.66. The van der Waals surface area contributed by atoms with Gasteiger partial charge >= 0.3 is 41.8 Å². The SMILES string of the molecule is CC(=O)OCC1O[C@@H](Sc2ccccc2)[C@H](OC(C)=O)[C@@H](OC(C)=O)[C@@H]1O[C@H]1OC(COC(C)=O)[C@@H](OC(C)=O)[C@H](OC(C)=O)[C@H]1OC(C)=O. The van der Waals surface area contributed by atoms with E-state index in [-0.39, 0.29) is 0 Å². The first-order valence-electron chi connectivity index (χ1n) is 15.4. The van der Waals surface area contributed by atoms with Gasteiger partial charge in [-0.05, 0) is 12.1 Å². The summed E-state index contributed by atoms with van der Waals surface area (Å²) in [4.78, 5) is 86.2. The minimum Gasteiger partial charge on any atom is -0.463 e. The van der Waals surface area contributed by atoms with Gasteiger partial charge in [0.2, 0.25) is 0 Å². The Morgan fingerprint density at radius 2 is 0.940 bits per heavy atom. The van der Waals surface area contributed by atoms with Crippen molar-refractivity contribution in [1.82, 2.24) is 0 Å². The minimum absolute atomic E-state index is 0.471. The number of rotatable bonds is 13. The van der Waals surface area contributed by atoms with Crippen molar-refractivity contribution in [1.29, 1.82) is 0 Å². The van der Waals surface area contributed by atoms with Gasteiger partial charge < -0.3 is 47.4 Å². The number of benzene rings is 1. The highest BCUT2D eigenvalue weighted by Crippen LogP contribution is 2.39. The minimum atomic E-state index is -1.75. The first-order chi connectivity index (χ1) is 23.5. The van der Waals surface area contributed by atoms with Crippen molar-refractivity contribution in [2.24, 2.45) is 0 Å². The fourth-order valence-corrected chi connectivity index (χ4v) is 6.33. The van der Waals surface area contributed by atoms with Gasteiger partial charge in [-0.15, -0.1) is 0 Å². The summed E-state index contributed by atoms with van der Waals surface area (Å²) in [6.07, 6.45) is -13.4. The highest BCUT2D eigenvalue weighted by Gasteiger charge is 2.57. The Bertz CT molecular complexity index is 1390. The summed E-state index contributed by atoms with van der Waals surface area (Å²) < 4.78 is 56.8. The normalized spacial score (nSPS) is 29.0. The summed E-state index contributed by atoms with van der Waals surface area (Å²) in [5.74, 6) is -5.63. The molecule has 0 spiro atoms. The number of carbonyl (C=O) groups excluding carboxylic acids is 7. The van der Waals surface area contributed by atoms with E-state index < -0.39 is 116 Å². The standard InChI is InChI=1S/C32H40O17S/c1-15(33)40-13-23-25(42-17(3)35)27(43-18(4)36)29(45-20(6)38)31(47-23)49-26-24(14-41-16(2)34)48-32(50-22-11-9-8-10-12-22)30(46-21(7)39)28(26)44-19(5)37/h8-12,23-32H,13-14H2,1-7H3/t23?,24?,25-,26-,27+,28+,29-,30-,31-,32+/m1/s1. The largest absolute Gasteiger partial charge is 0.463 e. The van der Waals surface area contributed by atoms with E-state index >= 15 is 0 Å². The molecule has 0 radical (unpaired) electrons. The van der Waals surface area contributed by atoms with Crippen LogP contribution in [0.2, 0.25) is 0 Å². The van der Waals surface area contributed by atoms with Crippen LogP contribution in [-0.2, 0) is 80.9 Å². The second-order valence-electron chi connectivity index (χ2n) is 11.1. The summed E-state index contributed by atoms with van der Waals surface area (Å²) in [5.41, 5.74) is -1.05. The van der Waals surface area contributed by atoms with Crippen molar-refractivity contribution in [2.75, 3.05) is 13.2 Å². The summed E-state index contributed by atoms with van der Waals surface area (Å²) >= 11 is 1.12. The van der Waals surface area contributed by atoms with Gasteiger partial charge in [0.1, 0.15) is 37.0 Å². The van der Waals surface area contributed by atoms with Crippen LogP contribution in [0.25, 0.3) is 0 Å². The monoisotopic (exact) mass is 728 g/mol. The van der Waals surface area contributed by atoms with Gasteiger partial charge in [0.05, 0.1) is 0 Å². The van der Waals surface area contributed by atoms with Crippen LogP contribution >= 0.6 is 11.8 Å². The van der Waals surface area contributed by atoms with Crippen LogP contribution in [0.15, 0.2) is 35.2 Å². The van der Waals surface area contributed by atoms with Crippen molar-refractivity contribution in [3.63, 3.8) is 0 Å².